The molecule has 4 atom stereocenters. The van der Waals surface area contributed by atoms with Crippen LogP contribution in [0.4, 0.5) is 0 Å². The highest BCUT2D eigenvalue weighted by Crippen LogP contribution is 2.28. The highest BCUT2D eigenvalue weighted by molar-refractivity contribution is 4.82. The predicted octanol–water partition coefficient (Wildman–Crippen LogP) is 2.17. The number of nitrogens with one attached hydrogen (secondary N) is 1. The van der Waals surface area contributed by atoms with Crippen LogP contribution in [-0.4, -0.2) is 23.3 Å². The van der Waals surface area contributed by atoms with Crippen molar-refractivity contribution in [3.05, 3.63) is 0 Å². The van der Waals surface area contributed by atoms with E-state index < -0.39 is 0 Å². The molecule has 1 saturated carbocycles. The second kappa shape index (κ2) is 5.13. The van der Waals surface area contributed by atoms with Crippen LogP contribution in [-0.2, 0) is 0 Å². The average Bonchev–Trinajstić information content (AvgIpc) is 2.01. The molecule has 0 aromatic rings. The first kappa shape index (κ1) is 12.0. The van der Waals surface area contributed by atoms with E-state index >= 15 is 0 Å². The Labute approximate surface area is 88.1 Å². The first-order valence-electron chi connectivity index (χ1n) is 5.93. The van der Waals surface area contributed by atoms with Crippen molar-refractivity contribution in [2.75, 3.05) is 0 Å². The summed E-state index contributed by atoms with van der Waals surface area (Å²) in [6, 6.07) is 0.829. The van der Waals surface area contributed by atoms with Gasteiger partial charge in [0.15, 0.2) is 0 Å². The van der Waals surface area contributed by atoms with Gasteiger partial charge in [-0.3, -0.25) is 0 Å². The number of aliphatic hydroxyl groups excluding tert-OH is 1. The Bertz CT molecular complexity index is 160. The molecule has 4 unspecified atom stereocenters. The minimum absolute atomic E-state index is 0.220. The van der Waals surface area contributed by atoms with E-state index in [1.807, 2.05) is 6.92 Å². The number of hydrogen-bond acceptors (Lipinski definition) is 2. The van der Waals surface area contributed by atoms with Gasteiger partial charge < -0.3 is 10.4 Å². The number of rotatable bonds is 3. The van der Waals surface area contributed by atoms with Gasteiger partial charge in [-0.1, -0.05) is 13.8 Å². The Balaban J connectivity index is 2.36. The zero-order chi connectivity index (χ0) is 10.7. The van der Waals surface area contributed by atoms with Gasteiger partial charge >= 0.3 is 0 Å². The van der Waals surface area contributed by atoms with Crippen molar-refractivity contribution < 1.29 is 5.11 Å². The number of hydrogen-bond donors (Lipinski definition) is 2. The Morgan fingerprint density at radius 3 is 2.00 bits per heavy atom. The molecule has 1 rings (SSSR count). The van der Waals surface area contributed by atoms with Crippen LogP contribution >= 0.6 is 0 Å². The first-order chi connectivity index (χ1) is 6.49. The summed E-state index contributed by atoms with van der Waals surface area (Å²) in [6.45, 7) is 8.58. The van der Waals surface area contributed by atoms with E-state index in [9.17, 15) is 5.11 Å². The van der Waals surface area contributed by atoms with Crippen LogP contribution in [0.1, 0.15) is 47.0 Å². The molecule has 2 N–H and O–H groups in total. The molecule has 1 aliphatic rings. The Kier molecular flexibility index (Phi) is 4.39. The lowest BCUT2D eigenvalue weighted by molar-refractivity contribution is 0.130. The normalized spacial score (nSPS) is 37.9. The average molecular weight is 199 g/mol. The molecule has 1 aliphatic carbocycles. The summed E-state index contributed by atoms with van der Waals surface area (Å²) in [4.78, 5) is 0. The smallest absolute Gasteiger partial charge is 0.0662 e. The SMILES string of the molecule is CC1CC(C)CC(NC(C)C(C)O)C1. The van der Waals surface area contributed by atoms with Crippen LogP contribution in [0, 0.1) is 11.8 Å². The van der Waals surface area contributed by atoms with Gasteiger partial charge in [-0.05, 0) is 44.9 Å². The summed E-state index contributed by atoms with van der Waals surface area (Å²) >= 11 is 0. The van der Waals surface area contributed by atoms with Crippen molar-refractivity contribution in [2.45, 2.75) is 65.1 Å². The van der Waals surface area contributed by atoms with Gasteiger partial charge in [0.1, 0.15) is 0 Å². The molecule has 0 radical (unpaired) electrons. The van der Waals surface area contributed by atoms with Crippen LogP contribution in [0.25, 0.3) is 0 Å². The molecule has 0 aromatic carbocycles. The molecule has 84 valence electrons. The standard InChI is InChI=1S/C12H25NO/c1-8-5-9(2)7-12(6-8)13-10(3)11(4)14/h8-14H,5-7H2,1-4H3. The van der Waals surface area contributed by atoms with Crippen molar-refractivity contribution >= 4 is 0 Å². The molecule has 2 heteroatoms. The van der Waals surface area contributed by atoms with E-state index in [2.05, 4.69) is 26.1 Å². The van der Waals surface area contributed by atoms with E-state index in [1.165, 1.54) is 19.3 Å². The fraction of sp³-hybridized carbons (Fsp3) is 1.00. The molecule has 1 fully saturated rings. The second-order valence-corrected chi connectivity index (χ2v) is 5.31. The third-order valence-electron chi connectivity index (χ3n) is 3.40. The molecular formula is C12H25NO. The molecule has 0 bridgehead atoms. The Morgan fingerprint density at radius 2 is 1.57 bits per heavy atom. The maximum atomic E-state index is 9.42. The quantitative estimate of drug-likeness (QED) is 0.730. The molecule has 0 spiro atoms. The minimum atomic E-state index is -0.248. The van der Waals surface area contributed by atoms with Crippen LogP contribution in [0.2, 0.25) is 0 Å². The van der Waals surface area contributed by atoms with E-state index in [-0.39, 0.29) is 12.1 Å². The maximum Gasteiger partial charge on any atom is 0.0662 e. The van der Waals surface area contributed by atoms with E-state index in [1.54, 1.807) is 0 Å². The van der Waals surface area contributed by atoms with Crippen LogP contribution in [0.3, 0.4) is 0 Å². The van der Waals surface area contributed by atoms with Crippen molar-refractivity contribution in [1.82, 2.24) is 5.32 Å². The van der Waals surface area contributed by atoms with Crippen LogP contribution in [0.15, 0.2) is 0 Å². The summed E-state index contributed by atoms with van der Waals surface area (Å²) in [5, 5.41) is 12.9. The molecule has 14 heavy (non-hydrogen) atoms. The van der Waals surface area contributed by atoms with E-state index in [0.29, 0.717) is 6.04 Å². The second-order valence-electron chi connectivity index (χ2n) is 5.31. The molecule has 2 nitrogen and oxygen atoms in total. The van der Waals surface area contributed by atoms with Gasteiger partial charge in [-0.2, -0.15) is 0 Å². The lowest BCUT2D eigenvalue weighted by Crippen LogP contribution is -2.45. The molecule has 0 heterocycles. The fourth-order valence-corrected chi connectivity index (χ4v) is 2.59. The zero-order valence-electron chi connectivity index (χ0n) is 9.96. The number of aliphatic hydroxyl groups is 1. The van der Waals surface area contributed by atoms with Gasteiger partial charge in [0.25, 0.3) is 0 Å². The van der Waals surface area contributed by atoms with Crippen molar-refractivity contribution in [3.8, 4) is 0 Å². The zero-order valence-corrected chi connectivity index (χ0v) is 9.96. The molecule has 0 amide bonds. The van der Waals surface area contributed by atoms with Crippen molar-refractivity contribution in [3.63, 3.8) is 0 Å². The molecule has 0 saturated heterocycles. The summed E-state index contributed by atoms with van der Waals surface area (Å²) < 4.78 is 0. The Hall–Kier alpha value is -0.0800. The van der Waals surface area contributed by atoms with Crippen molar-refractivity contribution in [1.29, 1.82) is 0 Å². The topological polar surface area (TPSA) is 32.3 Å². The van der Waals surface area contributed by atoms with Crippen molar-refractivity contribution in [2.24, 2.45) is 11.8 Å². The summed E-state index contributed by atoms with van der Waals surface area (Å²) in [7, 11) is 0. The van der Waals surface area contributed by atoms with Crippen LogP contribution < -0.4 is 5.32 Å². The van der Waals surface area contributed by atoms with Gasteiger partial charge in [0.2, 0.25) is 0 Å². The molecular weight excluding hydrogens is 174 g/mol. The minimum Gasteiger partial charge on any atom is -0.392 e. The van der Waals surface area contributed by atoms with Crippen LogP contribution in [0.5, 0.6) is 0 Å². The van der Waals surface area contributed by atoms with Gasteiger partial charge in [-0.15, -0.1) is 0 Å². The summed E-state index contributed by atoms with van der Waals surface area (Å²) in [5.74, 6) is 1.66. The highest BCUT2D eigenvalue weighted by Gasteiger charge is 2.25. The van der Waals surface area contributed by atoms with Gasteiger partial charge in [0, 0.05) is 12.1 Å². The lowest BCUT2D eigenvalue weighted by Gasteiger charge is -2.34. The Morgan fingerprint density at radius 1 is 1.07 bits per heavy atom. The van der Waals surface area contributed by atoms with Gasteiger partial charge in [0.05, 0.1) is 6.10 Å². The summed E-state index contributed by atoms with van der Waals surface area (Å²) in [6.07, 6.45) is 3.65. The lowest BCUT2D eigenvalue weighted by atomic mass is 9.80. The first-order valence-corrected chi connectivity index (χ1v) is 5.93. The third-order valence-corrected chi connectivity index (χ3v) is 3.40. The van der Waals surface area contributed by atoms with E-state index in [4.69, 9.17) is 0 Å². The molecule has 0 aromatic heterocycles. The monoisotopic (exact) mass is 199 g/mol. The summed E-state index contributed by atoms with van der Waals surface area (Å²) in [5.41, 5.74) is 0. The fourth-order valence-electron chi connectivity index (χ4n) is 2.59. The van der Waals surface area contributed by atoms with Gasteiger partial charge in [-0.25, -0.2) is 0 Å². The third kappa shape index (κ3) is 3.58. The predicted molar refractivity (Wildman–Crippen MR) is 60.2 cm³/mol. The highest BCUT2D eigenvalue weighted by atomic mass is 16.3. The maximum absolute atomic E-state index is 9.42. The largest absolute Gasteiger partial charge is 0.392 e. The molecule has 0 aliphatic heterocycles. The van der Waals surface area contributed by atoms with E-state index in [0.717, 1.165) is 11.8 Å².